The Morgan fingerprint density at radius 1 is 0.525 bits per heavy atom. The molecule has 0 unspecified atom stereocenters. The van der Waals surface area contributed by atoms with Gasteiger partial charge in [-0.05, 0) is 25.7 Å². The fraction of sp³-hybridized carbons (Fsp3) is 0.933. The monoisotopic (exact) mass is 604 g/mol. The molecular weight excluding hydrogens is 543 g/mol. The first-order valence-electron chi connectivity index (χ1n) is 16.1. The summed E-state index contributed by atoms with van der Waals surface area (Å²) >= 11 is 1.41. The maximum absolute atomic E-state index is 11.4. The third-order valence-electron chi connectivity index (χ3n) is 6.24. The topological polar surface area (TPSA) is 127 Å². The van der Waals surface area contributed by atoms with Gasteiger partial charge in [0.05, 0.1) is 13.2 Å². The molecule has 0 heterocycles. The zero-order valence-electron chi connectivity index (χ0n) is 26.4. The van der Waals surface area contributed by atoms with E-state index in [1.807, 2.05) is 0 Å². The van der Waals surface area contributed by atoms with Gasteiger partial charge >= 0.3 is 125 Å². The maximum atomic E-state index is 11.4. The maximum Gasteiger partial charge on any atom is 0.394 e. The molecule has 0 aromatic rings. The van der Waals surface area contributed by atoms with Crippen molar-refractivity contribution in [2.45, 2.75) is 166 Å². The van der Waals surface area contributed by atoms with E-state index in [1.54, 1.807) is 0 Å². The smallest absolute Gasteiger partial charge is 0.394 e. The first-order valence-corrected chi connectivity index (χ1v) is 18.9. The summed E-state index contributed by atoms with van der Waals surface area (Å²) in [7, 11) is -4.67. The molecule has 0 bridgehead atoms. The van der Waals surface area contributed by atoms with Gasteiger partial charge in [0.2, 0.25) is 0 Å². The van der Waals surface area contributed by atoms with E-state index in [0.717, 1.165) is 64.2 Å². The second-order valence-electron chi connectivity index (χ2n) is 10.4. The molecule has 0 aromatic carbocycles. The van der Waals surface area contributed by atoms with Gasteiger partial charge in [-0.15, -0.1) is 0 Å². The Labute approximate surface area is 264 Å². The number of carbonyl (C=O) groups excluding carboxylic acids is 2. The molecule has 0 spiro atoms. The van der Waals surface area contributed by atoms with Crippen LogP contribution in [0.4, 0.5) is 0 Å². The van der Waals surface area contributed by atoms with Crippen LogP contribution in [0.5, 0.6) is 0 Å². The predicted molar refractivity (Wildman–Crippen MR) is 165 cm³/mol. The zero-order chi connectivity index (χ0) is 30.7. The minimum Gasteiger partial charge on any atom is -0.466 e. The fourth-order valence-electron chi connectivity index (χ4n) is 3.79. The Morgan fingerprint density at radius 2 is 0.800 bits per heavy atom. The molecule has 0 saturated carbocycles. The van der Waals surface area contributed by atoms with Crippen LogP contribution in [0, 0.1) is 0 Å². The molecule has 0 atom stereocenters. The molecule has 0 aliphatic rings. The van der Waals surface area contributed by atoms with E-state index in [0.29, 0.717) is 26.1 Å². The van der Waals surface area contributed by atoms with Crippen molar-refractivity contribution in [1.82, 2.24) is 0 Å². The summed E-state index contributed by atoms with van der Waals surface area (Å²) in [6.07, 6.45) is 26.0. The van der Waals surface area contributed by atoms with Crippen LogP contribution in [0.1, 0.15) is 162 Å². The summed E-state index contributed by atoms with van der Waals surface area (Å²) in [6, 6.07) is 0. The van der Waals surface area contributed by atoms with Crippen LogP contribution in [0.2, 0.25) is 3.67 Å². The van der Waals surface area contributed by atoms with E-state index >= 15 is 0 Å². The number of carbonyl (C=O) groups is 2. The molecule has 0 fully saturated rings. The van der Waals surface area contributed by atoms with Crippen molar-refractivity contribution >= 4 is 50.3 Å². The second-order valence-corrected chi connectivity index (χ2v) is 12.3. The molecule has 10 heteroatoms. The standard InChI is InChI=1S/C18H34O4.C12H25.Na.H2O4S/c1-3-5-15-21-17(19)13-11-9-7-8-10-12-14-18(20)22-16-6-4-2;1-3-5-7-9-11-12-10-8-6-4-2;;1-5(2,3)4/h3-16H2,1-2H3;1,3-12H2,2H3;;(H2,1,2,3,4). The molecule has 0 aromatic heterocycles. The van der Waals surface area contributed by atoms with Gasteiger partial charge in [0.15, 0.2) is 0 Å². The molecule has 0 radical (unpaired) electrons. The summed E-state index contributed by atoms with van der Waals surface area (Å²) in [5.41, 5.74) is 0. The van der Waals surface area contributed by atoms with E-state index in [-0.39, 0.29) is 11.9 Å². The van der Waals surface area contributed by atoms with Gasteiger partial charge in [0.25, 0.3) is 0 Å². The molecule has 0 amide bonds. The van der Waals surface area contributed by atoms with E-state index in [2.05, 4.69) is 20.8 Å². The third kappa shape index (κ3) is 54.0. The average Bonchev–Trinajstić information content (AvgIpc) is 2.89. The van der Waals surface area contributed by atoms with Crippen LogP contribution < -0.4 is 0 Å². The first kappa shape index (κ1) is 44.3. The van der Waals surface area contributed by atoms with Gasteiger partial charge in [0.1, 0.15) is 0 Å². The number of esters is 2. The van der Waals surface area contributed by atoms with Crippen molar-refractivity contribution in [3.8, 4) is 0 Å². The molecule has 236 valence electrons. The molecular formula is C30H61NaO8S. The number of rotatable bonds is 25. The largest absolute Gasteiger partial charge is 0.466 e. The van der Waals surface area contributed by atoms with Gasteiger partial charge < -0.3 is 9.47 Å². The Hall–Kier alpha value is -0.190. The van der Waals surface area contributed by atoms with Crippen molar-refractivity contribution in [3.05, 3.63) is 0 Å². The number of unbranched alkanes of at least 4 members (excludes halogenated alkanes) is 16. The number of ether oxygens (including phenoxy) is 2. The molecule has 2 N–H and O–H groups in total. The van der Waals surface area contributed by atoms with Crippen molar-refractivity contribution in [1.29, 1.82) is 0 Å². The van der Waals surface area contributed by atoms with Gasteiger partial charge in [-0.3, -0.25) is 18.7 Å². The van der Waals surface area contributed by atoms with Gasteiger partial charge in [-0.1, -0.05) is 52.4 Å². The van der Waals surface area contributed by atoms with Gasteiger partial charge in [-0.25, -0.2) is 0 Å². The van der Waals surface area contributed by atoms with Crippen molar-refractivity contribution in [2.75, 3.05) is 13.2 Å². The van der Waals surface area contributed by atoms with Crippen molar-refractivity contribution in [3.63, 3.8) is 0 Å². The Morgan fingerprint density at radius 3 is 1.10 bits per heavy atom. The van der Waals surface area contributed by atoms with E-state index < -0.39 is 10.4 Å². The van der Waals surface area contributed by atoms with E-state index in [4.69, 9.17) is 27.0 Å². The fourth-order valence-corrected chi connectivity index (χ4v) is 4.29. The Kier molecular flexibility index (Phi) is 40.8. The summed E-state index contributed by atoms with van der Waals surface area (Å²) in [6.45, 7) is 7.57. The SMILES string of the molecule is CCCCCCCCCCC[CH2][Na].CCCCOC(=O)CCCCCCCCC(=O)OCCCC.O=S(=O)(O)O. The van der Waals surface area contributed by atoms with Crippen LogP contribution >= 0.6 is 0 Å². The van der Waals surface area contributed by atoms with Gasteiger partial charge in [-0.2, -0.15) is 8.42 Å². The Balaban J connectivity index is -0.000000638. The molecule has 0 saturated heterocycles. The Bertz CT molecular complexity index is 583. The minimum absolute atomic E-state index is 0.0664. The molecule has 0 aliphatic carbocycles. The quantitative estimate of drug-likeness (QED) is 0.0459. The van der Waals surface area contributed by atoms with Gasteiger partial charge in [0, 0.05) is 12.8 Å². The van der Waals surface area contributed by atoms with Crippen LogP contribution in [0.25, 0.3) is 0 Å². The predicted octanol–water partition coefficient (Wildman–Crippen LogP) is 8.64. The van der Waals surface area contributed by atoms with E-state index in [1.165, 1.54) is 95.8 Å². The molecule has 0 rings (SSSR count). The summed E-state index contributed by atoms with van der Waals surface area (Å²) < 4.78 is 43.3. The summed E-state index contributed by atoms with van der Waals surface area (Å²) in [4.78, 5) is 22.7. The molecule has 40 heavy (non-hydrogen) atoms. The average molecular weight is 605 g/mol. The number of hydrogen-bond donors (Lipinski definition) is 2. The molecule has 0 aliphatic heterocycles. The van der Waals surface area contributed by atoms with E-state index in [9.17, 15) is 9.59 Å². The second kappa shape index (κ2) is 36.8. The van der Waals surface area contributed by atoms with Crippen LogP contribution in [-0.4, -0.2) is 70.6 Å². The minimum atomic E-state index is -4.67. The van der Waals surface area contributed by atoms with Crippen molar-refractivity contribution < 1.29 is 36.6 Å². The molecule has 8 nitrogen and oxygen atoms in total. The number of hydrogen-bond acceptors (Lipinski definition) is 6. The van der Waals surface area contributed by atoms with Crippen LogP contribution in [-0.2, 0) is 29.5 Å². The third-order valence-corrected chi connectivity index (χ3v) is 6.95. The zero-order valence-corrected chi connectivity index (χ0v) is 29.2. The summed E-state index contributed by atoms with van der Waals surface area (Å²) in [5, 5.41) is 0. The van der Waals surface area contributed by atoms with Crippen LogP contribution in [0.15, 0.2) is 0 Å². The van der Waals surface area contributed by atoms with Crippen molar-refractivity contribution in [2.24, 2.45) is 0 Å². The normalized spacial score (nSPS) is 10.7. The van der Waals surface area contributed by atoms with Crippen LogP contribution in [0.3, 0.4) is 0 Å². The summed E-state index contributed by atoms with van der Waals surface area (Å²) in [5.74, 6) is -0.133. The first-order chi connectivity index (χ1) is 19.1.